The van der Waals surface area contributed by atoms with Gasteiger partial charge in [0.05, 0.1) is 0 Å². The van der Waals surface area contributed by atoms with Crippen molar-refractivity contribution in [3.8, 4) is 0 Å². The second kappa shape index (κ2) is 5.48. The minimum Gasteiger partial charge on any atom is -0.381 e. The molecule has 3 aliphatic rings. The van der Waals surface area contributed by atoms with Gasteiger partial charge in [0.15, 0.2) is 0 Å². The van der Waals surface area contributed by atoms with Crippen LogP contribution in [0.25, 0.3) is 0 Å². The van der Waals surface area contributed by atoms with Gasteiger partial charge in [-0.15, -0.1) is 0 Å². The van der Waals surface area contributed by atoms with E-state index in [1.807, 2.05) is 0 Å². The molecule has 3 heteroatoms. The van der Waals surface area contributed by atoms with E-state index in [1.165, 1.54) is 51.7 Å². The summed E-state index contributed by atoms with van der Waals surface area (Å²) in [6.07, 6.45) is 6.92. The van der Waals surface area contributed by atoms with Gasteiger partial charge in [-0.3, -0.25) is 4.90 Å². The van der Waals surface area contributed by atoms with Crippen LogP contribution in [0.15, 0.2) is 0 Å². The summed E-state index contributed by atoms with van der Waals surface area (Å²) in [5.41, 5.74) is 0.485. The zero-order valence-corrected chi connectivity index (χ0v) is 11.8. The molecule has 104 valence electrons. The van der Waals surface area contributed by atoms with E-state index in [1.54, 1.807) is 0 Å². The first-order valence-electron chi connectivity index (χ1n) is 7.84. The predicted molar refractivity (Wildman–Crippen MR) is 73.7 cm³/mol. The Bertz CT molecular complexity index is 276. The largest absolute Gasteiger partial charge is 0.381 e. The molecule has 3 rings (SSSR count). The zero-order valence-electron chi connectivity index (χ0n) is 11.8. The summed E-state index contributed by atoms with van der Waals surface area (Å²) in [5.74, 6) is 1.02. The van der Waals surface area contributed by atoms with Crippen molar-refractivity contribution in [1.29, 1.82) is 0 Å². The SMILES string of the molecule is CCNCC1(CN2CC3CCC2C3)CCOCC1. The molecule has 3 nitrogen and oxygen atoms in total. The summed E-state index contributed by atoms with van der Waals surface area (Å²) in [4.78, 5) is 2.80. The van der Waals surface area contributed by atoms with Gasteiger partial charge in [0, 0.05) is 38.9 Å². The highest BCUT2D eigenvalue weighted by atomic mass is 16.5. The quantitative estimate of drug-likeness (QED) is 0.808. The van der Waals surface area contributed by atoms with Crippen molar-refractivity contribution in [2.75, 3.05) is 39.4 Å². The fraction of sp³-hybridized carbons (Fsp3) is 1.00. The summed E-state index contributed by atoms with van der Waals surface area (Å²) < 4.78 is 5.58. The van der Waals surface area contributed by atoms with Crippen molar-refractivity contribution in [3.05, 3.63) is 0 Å². The van der Waals surface area contributed by atoms with E-state index in [2.05, 4.69) is 17.1 Å². The lowest BCUT2D eigenvalue weighted by atomic mass is 9.79. The molecule has 2 bridgehead atoms. The molecule has 0 aromatic carbocycles. The summed E-state index contributed by atoms with van der Waals surface area (Å²) >= 11 is 0. The van der Waals surface area contributed by atoms with Crippen LogP contribution in [0.1, 0.15) is 39.0 Å². The Morgan fingerprint density at radius 2 is 2.11 bits per heavy atom. The number of piperidine rings is 1. The molecule has 2 unspecified atom stereocenters. The van der Waals surface area contributed by atoms with Gasteiger partial charge >= 0.3 is 0 Å². The van der Waals surface area contributed by atoms with Crippen LogP contribution in [0.3, 0.4) is 0 Å². The Morgan fingerprint density at radius 1 is 1.28 bits per heavy atom. The fourth-order valence-corrected chi connectivity index (χ4v) is 4.24. The van der Waals surface area contributed by atoms with E-state index in [4.69, 9.17) is 4.74 Å². The molecule has 1 saturated carbocycles. The van der Waals surface area contributed by atoms with Gasteiger partial charge in [0.25, 0.3) is 0 Å². The van der Waals surface area contributed by atoms with Crippen LogP contribution in [-0.2, 0) is 4.74 Å². The molecule has 0 spiro atoms. The van der Waals surface area contributed by atoms with Crippen LogP contribution < -0.4 is 5.32 Å². The van der Waals surface area contributed by atoms with Crippen molar-refractivity contribution < 1.29 is 4.74 Å². The number of fused-ring (bicyclic) bond motifs is 2. The third kappa shape index (κ3) is 2.59. The van der Waals surface area contributed by atoms with Crippen molar-refractivity contribution in [2.45, 2.75) is 45.1 Å². The van der Waals surface area contributed by atoms with E-state index in [0.717, 1.165) is 31.7 Å². The Hall–Kier alpha value is -0.120. The monoisotopic (exact) mass is 252 g/mol. The number of nitrogens with one attached hydrogen (secondary N) is 1. The highest BCUT2D eigenvalue weighted by Crippen LogP contribution is 2.41. The van der Waals surface area contributed by atoms with Crippen molar-refractivity contribution in [1.82, 2.24) is 10.2 Å². The Labute approximate surface area is 111 Å². The molecule has 1 aliphatic carbocycles. The number of ether oxygens (including phenoxy) is 1. The van der Waals surface area contributed by atoms with Gasteiger partial charge in [-0.2, -0.15) is 0 Å². The molecule has 18 heavy (non-hydrogen) atoms. The number of nitrogens with zero attached hydrogens (tertiary/aromatic N) is 1. The first-order chi connectivity index (χ1) is 8.81. The Morgan fingerprint density at radius 3 is 2.72 bits per heavy atom. The van der Waals surface area contributed by atoms with Crippen LogP contribution in [-0.4, -0.2) is 50.3 Å². The molecular formula is C15H28N2O. The molecule has 2 saturated heterocycles. The van der Waals surface area contributed by atoms with Gasteiger partial charge in [0.2, 0.25) is 0 Å². The van der Waals surface area contributed by atoms with Crippen LogP contribution >= 0.6 is 0 Å². The predicted octanol–water partition coefficient (Wildman–Crippen LogP) is 1.88. The highest BCUT2D eigenvalue weighted by molar-refractivity contribution is 4.96. The summed E-state index contributed by atoms with van der Waals surface area (Å²) in [6, 6.07) is 0.913. The molecule has 0 aromatic rings. The highest BCUT2D eigenvalue weighted by Gasteiger charge is 2.42. The van der Waals surface area contributed by atoms with E-state index in [9.17, 15) is 0 Å². The Balaban J connectivity index is 1.61. The lowest BCUT2D eigenvalue weighted by molar-refractivity contribution is -0.00909. The van der Waals surface area contributed by atoms with Crippen LogP contribution in [0.2, 0.25) is 0 Å². The fourth-order valence-electron chi connectivity index (χ4n) is 4.24. The summed E-state index contributed by atoms with van der Waals surface area (Å²) in [6.45, 7) is 9.10. The average Bonchev–Trinajstić information content (AvgIpc) is 3.00. The molecule has 0 aromatic heterocycles. The first-order valence-corrected chi connectivity index (χ1v) is 7.84. The number of rotatable bonds is 5. The summed E-state index contributed by atoms with van der Waals surface area (Å²) in [7, 11) is 0. The first kappa shape index (κ1) is 12.9. The molecule has 2 atom stereocenters. The topological polar surface area (TPSA) is 24.5 Å². The van der Waals surface area contributed by atoms with Crippen molar-refractivity contribution >= 4 is 0 Å². The summed E-state index contributed by atoms with van der Waals surface area (Å²) in [5, 5.41) is 3.59. The minimum absolute atomic E-state index is 0.485. The van der Waals surface area contributed by atoms with Gasteiger partial charge in [-0.25, -0.2) is 0 Å². The van der Waals surface area contributed by atoms with Crippen molar-refractivity contribution in [2.24, 2.45) is 11.3 Å². The van der Waals surface area contributed by atoms with E-state index in [-0.39, 0.29) is 0 Å². The van der Waals surface area contributed by atoms with Gasteiger partial charge in [0.1, 0.15) is 0 Å². The standard InChI is InChI=1S/C15H28N2O/c1-2-16-11-15(5-7-18-8-6-15)12-17-10-13-3-4-14(17)9-13/h13-14,16H,2-12H2,1H3. The molecule has 0 amide bonds. The van der Waals surface area contributed by atoms with Gasteiger partial charge in [-0.05, 0) is 50.0 Å². The van der Waals surface area contributed by atoms with Gasteiger partial charge < -0.3 is 10.1 Å². The average molecular weight is 252 g/mol. The molecule has 0 radical (unpaired) electrons. The van der Waals surface area contributed by atoms with Crippen LogP contribution in [0.4, 0.5) is 0 Å². The maximum Gasteiger partial charge on any atom is 0.0472 e. The second-order valence-corrected chi connectivity index (χ2v) is 6.66. The normalized spacial score (nSPS) is 35.2. The van der Waals surface area contributed by atoms with Crippen LogP contribution in [0, 0.1) is 11.3 Å². The number of hydrogen-bond acceptors (Lipinski definition) is 3. The molecule has 1 N–H and O–H groups in total. The van der Waals surface area contributed by atoms with Gasteiger partial charge in [-0.1, -0.05) is 6.92 Å². The number of hydrogen-bond donors (Lipinski definition) is 1. The minimum atomic E-state index is 0.485. The van der Waals surface area contributed by atoms with Crippen molar-refractivity contribution in [3.63, 3.8) is 0 Å². The molecule has 2 heterocycles. The lowest BCUT2D eigenvalue weighted by Gasteiger charge is -2.42. The maximum atomic E-state index is 5.58. The van der Waals surface area contributed by atoms with E-state index < -0.39 is 0 Å². The maximum absolute atomic E-state index is 5.58. The zero-order chi connectivity index (χ0) is 12.4. The van der Waals surface area contributed by atoms with E-state index >= 15 is 0 Å². The second-order valence-electron chi connectivity index (χ2n) is 6.66. The Kier molecular flexibility index (Phi) is 3.92. The third-order valence-electron chi connectivity index (χ3n) is 5.36. The van der Waals surface area contributed by atoms with Crippen LogP contribution in [0.5, 0.6) is 0 Å². The molecule has 3 fully saturated rings. The third-order valence-corrected chi connectivity index (χ3v) is 5.36. The molecule has 2 aliphatic heterocycles. The number of likely N-dealkylation sites (tertiary alicyclic amines) is 1. The smallest absolute Gasteiger partial charge is 0.0472 e. The van der Waals surface area contributed by atoms with E-state index in [0.29, 0.717) is 5.41 Å². The molecular weight excluding hydrogens is 224 g/mol. The lowest BCUT2D eigenvalue weighted by Crippen LogP contribution is -2.49.